The van der Waals surface area contributed by atoms with Crippen LogP contribution in [-0.4, -0.2) is 23.7 Å². The number of carboxylic acids is 1. The maximum Gasteiger partial charge on any atom is 0.305 e. The third-order valence-corrected chi connectivity index (χ3v) is 3.46. The first-order valence-electron chi connectivity index (χ1n) is 5.75. The SMILES string of the molecule is CC(C)N(CCC(=O)O)c1ccc(C#N)c(Br)c1F. The van der Waals surface area contributed by atoms with Gasteiger partial charge in [-0.3, -0.25) is 4.79 Å². The van der Waals surface area contributed by atoms with E-state index in [1.807, 2.05) is 19.9 Å². The summed E-state index contributed by atoms with van der Waals surface area (Å²) in [5.41, 5.74) is 0.505. The molecule has 1 aromatic rings. The molecule has 0 bridgehead atoms. The summed E-state index contributed by atoms with van der Waals surface area (Å²) in [6, 6.07) is 4.85. The van der Waals surface area contributed by atoms with Gasteiger partial charge in [0.05, 0.1) is 22.1 Å². The Balaban J connectivity index is 3.14. The molecule has 102 valence electrons. The molecule has 0 aliphatic rings. The zero-order chi connectivity index (χ0) is 14.6. The van der Waals surface area contributed by atoms with E-state index in [1.165, 1.54) is 12.1 Å². The molecule has 0 aliphatic carbocycles. The van der Waals surface area contributed by atoms with Gasteiger partial charge in [-0.05, 0) is 41.9 Å². The smallest absolute Gasteiger partial charge is 0.305 e. The van der Waals surface area contributed by atoms with Crippen LogP contribution in [0.3, 0.4) is 0 Å². The summed E-state index contributed by atoms with van der Waals surface area (Å²) in [4.78, 5) is 12.3. The molecule has 0 saturated heterocycles. The predicted octanol–water partition coefficient (Wildman–Crippen LogP) is 3.15. The molecular formula is C13H14BrFN2O2. The van der Waals surface area contributed by atoms with Crippen molar-refractivity contribution in [1.29, 1.82) is 5.26 Å². The molecule has 1 aromatic carbocycles. The number of halogens is 2. The Morgan fingerprint density at radius 1 is 1.58 bits per heavy atom. The summed E-state index contributed by atoms with van der Waals surface area (Å²) in [6.07, 6.45) is -0.0742. The highest BCUT2D eigenvalue weighted by molar-refractivity contribution is 9.10. The minimum atomic E-state index is -0.932. The minimum Gasteiger partial charge on any atom is -0.481 e. The largest absolute Gasteiger partial charge is 0.481 e. The number of aliphatic carboxylic acids is 1. The van der Waals surface area contributed by atoms with E-state index in [1.54, 1.807) is 4.90 Å². The second kappa shape index (κ2) is 6.53. The fourth-order valence-electron chi connectivity index (χ4n) is 1.72. The van der Waals surface area contributed by atoms with Crippen molar-refractivity contribution >= 4 is 27.6 Å². The number of rotatable bonds is 5. The molecular weight excluding hydrogens is 315 g/mol. The average molecular weight is 329 g/mol. The first-order valence-corrected chi connectivity index (χ1v) is 6.54. The van der Waals surface area contributed by atoms with Crippen LogP contribution in [0.15, 0.2) is 16.6 Å². The van der Waals surface area contributed by atoms with Crippen molar-refractivity contribution in [1.82, 2.24) is 0 Å². The van der Waals surface area contributed by atoms with Crippen LogP contribution in [-0.2, 0) is 4.79 Å². The maximum atomic E-state index is 14.2. The first-order chi connectivity index (χ1) is 8.88. The Morgan fingerprint density at radius 2 is 2.21 bits per heavy atom. The molecule has 4 nitrogen and oxygen atoms in total. The van der Waals surface area contributed by atoms with Crippen molar-refractivity contribution in [2.45, 2.75) is 26.3 Å². The number of benzene rings is 1. The standard InChI is InChI=1S/C13H14BrFN2O2/c1-8(2)17(6-5-11(18)19)10-4-3-9(7-16)12(14)13(10)15/h3-4,8H,5-6H2,1-2H3,(H,18,19). The van der Waals surface area contributed by atoms with Crippen molar-refractivity contribution in [2.75, 3.05) is 11.4 Å². The third-order valence-electron chi connectivity index (χ3n) is 2.68. The summed E-state index contributed by atoms with van der Waals surface area (Å²) < 4.78 is 14.3. The molecule has 19 heavy (non-hydrogen) atoms. The summed E-state index contributed by atoms with van der Waals surface area (Å²) in [6.45, 7) is 3.92. The summed E-state index contributed by atoms with van der Waals surface area (Å²) in [5, 5.41) is 17.5. The van der Waals surface area contributed by atoms with Gasteiger partial charge in [0, 0.05) is 12.6 Å². The fraction of sp³-hybridized carbons (Fsp3) is 0.385. The molecule has 0 amide bonds. The van der Waals surface area contributed by atoms with E-state index in [-0.39, 0.29) is 29.0 Å². The van der Waals surface area contributed by atoms with Gasteiger partial charge in [-0.2, -0.15) is 5.26 Å². The van der Waals surface area contributed by atoms with Crippen LogP contribution in [0, 0.1) is 17.1 Å². The van der Waals surface area contributed by atoms with Crippen molar-refractivity contribution in [3.63, 3.8) is 0 Å². The van der Waals surface area contributed by atoms with Gasteiger partial charge in [0.15, 0.2) is 5.82 Å². The average Bonchev–Trinajstić information content (AvgIpc) is 2.34. The Labute approximate surface area is 119 Å². The number of anilines is 1. The van der Waals surface area contributed by atoms with Crippen LogP contribution >= 0.6 is 15.9 Å². The van der Waals surface area contributed by atoms with Gasteiger partial charge < -0.3 is 10.0 Å². The number of carbonyl (C=O) groups is 1. The van der Waals surface area contributed by atoms with Gasteiger partial charge in [0.25, 0.3) is 0 Å². The van der Waals surface area contributed by atoms with E-state index in [0.717, 1.165) is 0 Å². The highest BCUT2D eigenvalue weighted by Gasteiger charge is 2.19. The Kier molecular flexibility index (Phi) is 5.31. The molecule has 0 unspecified atom stereocenters. The maximum absolute atomic E-state index is 14.2. The minimum absolute atomic E-state index is 0.0475. The van der Waals surface area contributed by atoms with E-state index in [2.05, 4.69) is 15.9 Å². The van der Waals surface area contributed by atoms with Crippen LogP contribution < -0.4 is 4.90 Å². The molecule has 0 radical (unpaired) electrons. The molecule has 1 rings (SSSR count). The Morgan fingerprint density at radius 3 is 2.68 bits per heavy atom. The highest BCUT2D eigenvalue weighted by Crippen LogP contribution is 2.30. The third kappa shape index (κ3) is 3.67. The first kappa shape index (κ1) is 15.4. The molecule has 1 N–H and O–H groups in total. The zero-order valence-electron chi connectivity index (χ0n) is 10.7. The molecule has 0 fully saturated rings. The Bertz CT molecular complexity index is 526. The normalized spacial score (nSPS) is 10.3. The van der Waals surface area contributed by atoms with Crippen LogP contribution in [0.1, 0.15) is 25.8 Å². The van der Waals surface area contributed by atoms with Crippen LogP contribution in [0.25, 0.3) is 0 Å². The molecule has 0 aromatic heterocycles. The van der Waals surface area contributed by atoms with Crippen molar-refractivity contribution in [3.8, 4) is 6.07 Å². The van der Waals surface area contributed by atoms with Crippen molar-refractivity contribution < 1.29 is 14.3 Å². The predicted molar refractivity (Wildman–Crippen MR) is 73.5 cm³/mol. The molecule has 0 saturated carbocycles. The second-order valence-corrected chi connectivity index (χ2v) is 5.10. The van der Waals surface area contributed by atoms with E-state index in [0.29, 0.717) is 5.69 Å². The molecule has 0 heterocycles. The molecule has 0 aliphatic heterocycles. The Hall–Kier alpha value is -1.61. The second-order valence-electron chi connectivity index (χ2n) is 4.30. The highest BCUT2D eigenvalue weighted by atomic mass is 79.9. The number of carboxylic acid groups (broad SMARTS) is 1. The fourth-order valence-corrected chi connectivity index (χ4v) is 2.14. The van der Waals surface area contributed by atoms with Crippen molar-refractivity contribution in [2.24, 2.45) is 0 Å². The lowest BCUT2D eigenvalue weighted by Gasteiger charge is -2.29. The zero-order valence-corrected chi connectivity index (χ0v) is 12.2. The van der Waals surface area contributed by atoms with Gasteiger partial charge in [-0.15, -0.1) is 0 Å². The van der Waals surface area contributed by atoms with Crippen LogP contribution in [0.2, 0.25) is 0 Å². The van der Waals surface area contributed by atoms with Gasteiger partial charge in [0.2, 0.25) is 0 Å². The quantitative estimate of drug-likeness (QED) is 0.901. The summed E-state index contributed by atoms with van der Waals surface area (Å²) in [7, 11) is 0. The van der Waals surface area contributed by atoms with E-state index >= 15 is 0 Å². The van der Waals surface area contributed by atoms with Gasteiger partial charge >= 0.3 is 5.97 Å². The molecule has 0 atom stereocenters. The molecule has 6 heteroatoms. The van der Waals surface area contributed by atoms with E-state index < -0.39 is 11.8 Å². The van der Waals surface area contributed by atoms with Gasteiger partial charge in [-0.1, -0.05) is 0 Å². The number of nitriles is 1. The van der Waals surface area contributed by atoms with E-state index in [4.69, 9.17) is 10.4 Å². The monoisotopic (exact) mass is 328 g/mol. The number of hydrogen-bond donors (Lipinski definition) is 1. The van der Waals surface area contributed by atoms with Crippen molar-refractivity contribution in [3.05, 3.63) is 28.0 Å². The lowest BCUT2D eigenvalue weighted by molar-refractivity contribution is -0.136. The summed E-state index contributed by atoms with van der Waals surface area (Å²) >= 11 is 3.05. The topological polar surface area (TPSA) is 64.3 Å². The lowest BCUT2D eigenvalue weighted by atomic mass is 10.1. The lowest BCUT2D eigenvalue weighted by Crippen LogP contribution is -2.33. The van der Waals surface area contributed by atoms with E-state index in [9.17, 15) is 9.18 Å². The summed E-state index contributed by atoms with van der Waals surface area (Å²) in [5.74, 6) is -1.48. The number of nitrogens with zero attached hydrogens (tertiary/aromatic N) is 2. The number of hydrogen-bond acceptors (Lipinski definition) is 3. The molecule has 0 spiro atoms. The van der Waals surface area contributed by atoms with Crippen LogP contribution in [0.4, 0.5) is 10.1 Å². The van der Waals surface area contributed by atoms with Gasteiger partial charge in [0.1, 0.15) is 6.07 Å². The van der Waals surface area contributed by atoms with Crippen LogP contribution in [0.5, 0.6) is 0 Å². The van der Waals surface area contributed by atoms with Gasteiger partial charge in [-0.25, -0.2) is 4.39 Å².